The smallest absolute Gasteiger partial charge is 0.290 e. The van der Waals surface area contributed by atoms with E-state index in [0.717, 1.165) is 0 Å². The third-order valence-electron chi connectivity index (χ3n) is 2.44. The van der Waals surface area contributed by atoms with Crippen molar-refractivity contribution < 1.29 is 14.7 Å². The fraction of sp³-hybridized carbons (Fsp3) is 0.0833. The number of carbonyl (C=O) groups is 2. The summed E-state index contributed by atoms with van der Waals surface area (Å²) in [5, 5.41) is 13.4. The third kappa shape index (κ3) is 3.72. The molecule has 0 radical (unpaired) electrons. The Hall–Kier alpha value is -2.09. The molecule has 2 amide bonds. The summed E-state index contributed by atoms with van der Waals surface area (Å²) >= 11 is 11.8. The van der Waals surface area contributed by atoms with Crippen molar-refractivity contribution in [3.05, 3.63) is 46.2 Å². The lowest BCUT2D eigenvalue weighted by Crippen LogP contribution is -2.43. The van der Waals surface area contributed by atoms with Gasteiger partial charge >= 0.3 is 0 Å². The molecule has 2 aromatic rings. The number of benzene rings is 1. The highest BCUT2D eigenvalue weighted by Crippen LogP contribution is 2.23. The summed E-state index contributed by atoms with van der Waals surface area (Å²) in [5.74, 6) is -1.36. The van der Waals surface area contributed by atoms with E-state index in [-0.39, 0.29) is 5.69 Å². The molecule has 1 aromatic carbocycles. The Bertz CT molecular complexity index is 687. The van der Waals surface area contributed by atoms with Gasteiger partial charge in [-0.25, -0.2) is 4.68 Å². The number of amides is 2. The molecule has 1 heterocycles. The topological polar surface area (TPSA) is 96.3 Å². The normalized spacial score (nSPS) is 10.2. The number of hydrogen-bond donors (Lipinski definition) is 3. The Morgan fingerprint density at radius 3 is 2.67 bits per heavy atom. The second kappa shape index (κ2) is 6.57. The molecule has 0 unspecified atom stereocenters. The number of aromatic nitrogens is 2. The van der Waals surface area contributed by atoms with Gasteiger partial charge in [-0.3, -0.25) is 20.4 Å². The van der Waals surface area contributed by atoms with Crippen LogP contribution in [-0.2, 0) is 4.79 Å². The third-order valence-corrected chi connectivity index (χ3v) is 2.98. The summed E-state index contributed by atoms with van der Waals surface area (Å²) < 4.78 is 1.40. The minimum Gasteiger partial charge on any atom is -0.386 e. The molecule has 2 rings (SSSR count). The van der Waals surface area contributed by atoms with Crippen LogP contribution in [0.1, 0.15) is 10.5 Å². The highest BCUT2D eigenvalue weighted by Gasteiger charge is 2.12. The van der Waals surface area contributed by atoms with E-state index in [1.165, 1.54) is 16.9 Å². The number of hydrazine groups is 1. The SMILES string of the molecule is O=C(CO)NNC(=O)c1ccn(-c2ccc(Cl)cc2Cl)n1. The van der Waals surface area contributed by atoms with Crippen LogP contribution in [0.25, 0.3) is 5.69 Å². The van der Waals surface area contributed by atoms with Crippen LogP contribution in [0.4, 0.5) is 0 Å². The molecule has 9 heteroatoms. The van der Waals surface area contributed by atoms with E-state index in [2.05, 4.69) is 10.5 Å². The number of carbonyl (C=O) groups excluding carboxylic acids is 2. The van der Waals surface area contributed by atoms with Crippen molar-refractivity contribution in [2.45, 2.75) is 0 Å². The van der Waals surface area contributed by atoms with Gasteiger partial charge in [0.25, 0.3) is 11.8 Å². The monoisotopic (exact) mass is 328 g/mol. The van der Waals surface area contributed by atoms with Gasteiger partial charge in [0, 0.05) is 11.2 Å². The number of aliphatic hydroxyl groups is 1. The van der Waals surface area contributed by atoms with Gasteiger partial charge < -0.3 is 5.11 Å². The fourth-order valence-electron chi connectivity index (χ4n) is 1.48. The van der Waals surface area contributed by atoms with Crippen LogP contribution < -0.4 is 10.9 Å². The molecule has 21 heavy (non-hydrogen) atoms. The lowest BCUT2D eigenvalue weighted by molar-refractivity contribution is -0.124. The molecule has 1 aromatic heterocycles. The second-order valence-electron chi connectivity index (χ2n) is 3.90. The molecule has 0 aliphatic heterocycles. The van der Waals surface area contributed by atoms with Gasteiger partial charge in [-0.15, -0.1) is 0 Å². The predicted molar refractivity (Wildman–Crippen MR) is 76.3 cm³/mol. The summed E-state index contributed by atoms with van der Waals surface area (Å²) in [4.78, 5) is 22.5. The average Bonchev–Trinajstić information content (AvgIpc) is 2.93. The van der Waals surface area contributed by atoms with Crippen molar-refractivity contribution in [3.8, 4) is 5.69 Å². The van der Waals surface area contributed by atoms with Crippen molar-refractivity contribution in [2.24, 2.45) is 0 Å². The summed E-state index contributed by atoms with van der Waals surface area (Å²) in [6.07, 6.45) is 1.54. The van der Waals surface area contributed by atoms with E-state index in [1.54, 1.807) is 18.2 Å². The van der Waals surface area contributed by atoms with Crippen LogP contribution in [0.5, 0.6) is 0 Å². The van der Waals surface area contributed by atoms with Gasteiger partial charge in [0.15, 0.2) is 5.69 Å². The Morgan fingerprint density at radius 1 is 1.24 bits per heavy atom. The molecule has 0 saturated heterocycles. The second-order valence-corrected chi connectivity index (χ2v) is 4.75. The Balaban J connectivity index is 2.14. The first kappa shape index (κ1) is 15.3. The quantitative estimate of drug-likeness (QED) is 0.730. The van der Waals surface area contributed by atoms with Gasteiger partial charge in [0.2, 0.25) is 0 Å². The van der Waals surface area contributed by atoms with Crippen LogP contribution in [0.3, 0.4) is 0 Å². The van der Waals surface area contributed by atoms with E-state index in [4.69, 9.17) is 28.3 Å². The van der Waals surface area contributed by atoms with E-state index < -0.39 is 18.4 Å². The average molecular weight is 329 g/mol. The van der Waals surface area contributed by atoms with Gasteiger partial charge in [-0.05, 0) is 24.3 Å². The fourth-order valence-corrected chi connectivity index (χ4v) is 1.97. The molecule has 7 nitrogen and oxygen atoms in total. The molecular weight excluding hydrogens is 319 g/mol. The molecule has 0 saturated carbocycles. The summed E-state index contributed by atoms with van der Waals surface area (Å²) in [5.41, 5.74) is 4.75. The Morgan fingerprint density at radius 2 is 2.00 bits per heavy atom. The molecule has 0 atom stereocenters. The van der Waals surface area contributed by atoms with Crippen molar-refractivity contribution in [1.82, 2.24) is 20.6 Å². The number of hydrogen-bond acceptors (Lipinski definition) is 4. The van der Waals surface area contributed by atoms with Crippen molar-refractivity contribution in [1.29, 1.82) is 0 Å². The Labute approximate surface area is 129 Å². The molecule has 3 N–H and O–H groups in total. The van der Waals surface area contributed by atoms with Crippen molar-refractivity contribution in [3.63, 3.8) is 0 Å². The first-order chi connectivity index (χ1) is 10.0. The van der Waals surface area contributed by atoms with E-state index in [0.29, 0.717) is 15.7 Å². The van der Waals surface area contributed by atoms with Gasteiger partial charge in [-0.1, -0.05) is 23.2 Å². The maximum absolute atomic E-state index is 11.7. The van der Waals surface area contributed by atoms with Crippen LogP contribution in [0, 0.1) is 0 Å². The zero-order valence-corrected chi connectivity index (χ0v) is 12.0. The number of nitrogens with zero attached hydrogens (tertiary/aromatic N) is 2. The summed E-state index contributed by atoms with van der Waals surface area (Å²) in [6.45, 7) is -0.727. The molecular formula is C12H10Cl2N4O3. The highest BCUT2D eigenvalue weighted by molar-refractivity contribution is 6.35. The maximum atomic E-state index is 11.7. The largest absolute Gasteiger partial charge is 0.386 e. The summed E-state index contributed by atoms with van der Waals surface area (Å²) in [7, 11) is 0. The van der Waals surface area contributed by atoms with Gasteiger partial charge in [0.05, 0.1) is 10.7 Å². The van der Waals surface area contributed by atoms with Crippen LogP contribution in [0.2, 0.25) is 10.0 Å². The van der Waals surface area contributed by atoms with E-state index in [9.17, 15) is 9.59 Å². The van der Waals surface area contributed by atoms with Crippen LogP contribution in [-0.4, -0.2) is 33.3 Å². The first-order valence-corrected chi connectivity index (χ1v) is 6.48. The molecule has 0 fully saturated rings. The predicted octanol–water partition coefficient (Wildman–Crippen LogP) is 0.932. The van der Waals surface area contributed by atoms with Gasteiger partial charge in [0.1, 0.15) is 6.61 Å². The molecule has 0 bridgehead atoms. The minimum absolute atomic E-state index is 0.0688. The number of halogens is 2. The lowest BCUT2D eigenvalue weighted by Gasteiger charge is -2.05. The van der Waals surface area contributed by atoms with Gasteiger partial charge in [-0.2, -0.15) is 5.10 Å². The molecule has 0 aliphatic rings. The van der Waals surface area contributed by atoms with Crippen molar-refractivity contribution >= 4 is 35.0 Å². The van der Waals surface area contributed by atoms with E-state index >= 15 is 0 Å². The minimum atomic E-state index is -0.733. The lowest BCUT2D eigenvalue weighted by atomic mass is 10.3. The van der Waals surface area contributed by atoms with Crippen molar-refractivity contribution in [2.75, 3.05) is 6.61 Å². The number of nitrogens with one attached hydrogen (secondary N) is 2. The van der Waals surface area contributed by atoms with Crippen LogP contribution in [0.15, 0.2) is 30.5 Å². The zero-order valence-electron chi connectivity index (χ0n) is 10.5. The Kier molecular flexibility index (Phi) is 4.79. The molecule has 0 spiro atoms. The van der Waals surface area contributed by atoms with E-state index in [1.807, 2.05) is 5.43 Å². The first-order valence-electron chi connectivity index (χ1n) is 5.72. The molecule has 0 aliphatic carbocycles. The number of rotatable bonds is 3. The molecule has 110 valence electrons. The summed E-state index contributed by atoms with van der Waals surface area (Å²) in [6, 6.07) is 6.31. The maximum Gasteiger partial charge on any atom is 0.290 e. The van der Waals surface area contributed by atoms with Crippen LogP contribution >= 0.6 is 23.2 Å². The standard InChI is InChI=1S/C12H10Cl2N4O3/c13-7-1-2-10(8(14)5-7)18-4-3-9(17-18)12(21)16-15-11(20)6-19/h1-5,19H,6H2,(H,15,20)(H,16,21). The number of aliphatic hydroxyl groups excluding tert-OH is 1. The highest BCUT2D eigenvalue weighted by atomic mass is 35.5. The zero-order chi connectivity index (χ0) is 15.4.